The summed E-state index contributed by atoms with van der Waals surface area (Å²) >= 11 is 0. The smallest absolute Gasteiger partial charge is 0.238 e. The Morgan fingerprint density at radius 2 is 1.86 bits per heavy atom. The van der Waals surface area contributed by atoms with E-state index in [9.17, 15) is 15.0 Å². The van der Waals surface area contributed by atoms with Gasteiger partial charge in [-0.15, -0.1) is 0 Å². The second-order valence-corrected chi connectivity index (χ2v) is 6.74. The molecule has 5 nitrogen and oxygen atoms in total. The fourth-order valence-electron chi connectivity index (χ4n) is 3.76. The number of benzene rings is 1. The molecule has 1 saturated heterocycles. The molecule has 4 atom stereocenters. The Bertz CT molecular complexity index is 530. The van der Waals surface area contributed by atoms with Crippen LogP contribution in [0.5, 0.6) is 0 Å². The largest absolute Gasteiger partial charge is 0.390 e. The fraction of sp³-hybridized carbons (Fsp3) is 0.588. The summed E-state index contributed by atoms with van der Waals surface area (Å²) in [6.45, 7) is 4.02. The molecular weight excluding hydrogens is 280 g/mol. The molecule has 0 radical (unpaired) electrons. The normalized spacial score (nSPS) is 31.8. The van der Waals surface area contributed by atoms with Crippen LogP contribution >= 0.6 is 0 Å². The molecule has 0 aromatic heterocycles. The molecule has 3 N–H and O–H groups in total. The van der Waals surface area contributed by atoms with Gasteiger partial charge in [-0.1, -0.05) is 12.1 Å². The van der Waals surface area contributed by atoms with Crippen LogP contribution in [0.15, 0.2) is 24.3 Å². The van der Waals surface area contributed by atoms with Crippen molar-refractivity contribution in [3.8, 4) is 0 Å². The Labute approximate surface area is 130 Å². The van der Waals surface area contributed by atoms with Gasteiger partial charge >= 0.3 is 0 Å². The molecule has 3 rings (SSSR count). The first kappa shape index (κ1) is 15.5. The molecule has 1 heterocycles. The number of carbonyl (C=O) groups is 1. The van der Waals surface area contributed by atoms with E-state index in [0.717, 1.165) is 24.3 Å². The number of hydrogen-bond acceptors (Lipinski definition) is 4. The van der Waals surface area contributed by atoms with Crippen LogP contribution in [0, 0.1) is 18.8 Å². The zero-order valence-electron chi connectivity index (χ0n) is 12.9. The first-order chi connectivity index (χ1) is 10.5. The van der Waals surface area contributed by atoms with E-state index < -0.39 is 12.2 Å². The Morgan fingerprint density at radius 3 is 2.45 bits per heavy atom. The molecule has 2 fully saturated rings. The summed E-state index contributed by atoms with van der Waals surface area (Å²) < 4.78 is 0. The topological polar surface area (TPSA) is 72.8 Å². The monoisotopic (exact) mass is 304 g/mol. The number of hydrogen-bond donors (Lipinski definition) is 3. The predicted octanol–water partition coefficient (Wildman–Crippen LogP) is 0.997. The number of rotatable bonds is 3. The SMILES string of the molecule is Cc1cccc(NC(=O)CN2C[C@H]3C[C@H](O)[C@@H](O)C[C@H]3C2)c1. The molecule has 22 heavy (non-hydrogen) atoms. The Balaban J connectivity index is 1.53. The van der Waals surface area contributed by atoms with Gasteiger partial charge in [-0.25, -0.2) is 0 Å². The van der Waals surface area contributed by atoms with Crippen LogP contribution < -0.4 is 5.32 Å². The van der Waals surface area contributed by atoms with Crippen molar-refractivity contribution in [2.75, 3.05) is 25.0 Å². The highest BCUT2D eigenvalue weighted by Gasteiger charge is 2.41. The van der Waals surface area contributed by atoms with Crippen LogP contribution in [0.2, 0.25) is 0 Å². The van der Waals surface area contributed by atoms with Crippen LogP contribution in [-0.4, -0.2) is 52.9 Å². The van der Waals surface area contributed by atoms with E-state index in [1.807, 2.05) is 31.2 Å². The summed E-state index contributed by atoms with van der Waals surface area (Å²) in [5.41, 5.74) is 1.94. The van der Waals surface area contributed by atoms with Gasteiger partial charge in [-0.05, 0) is 49.3 Å². The number of aliphatic hydroxyl groups is 2. The lowest BCUT2D eigenvalue weighted by molar-refractivity contribution is -0.117. The number of nitrogens with zero attached hydrogens (tertiary/aromatic N) is 1. The molecule has 1 aromatic carbocycles. The number of carbonyl (C=O) groups excluding carboxylic acids is 1. The molecule has 1 aliphatic carbocycles. The number of amides is 1. The predicted molar refractivity (Wildman–Crippen MR) is 84.5 cm³/mol. The molecule has 0 spiro atoms. The van der Waals surface area contributed by atoms with Crippen LogP contribution in [-0.2, 0) is 4.79 Å². The summed E-state index contributed by atoms with van der Waals surface area (Å²) in [6.07, 6.45) is 0.0635. The van der Waals surface area contributed by atoms with E-state index in [-0.39, 0.29) is 5.91 Å². The van der Waals surface area contributed by atoms with Gasteiger partial charge in [0.2, 0.25) is 5.91 Å². The number of aryl methyl sites for hydroxylation is 1. The van der Waals surface area contributed by atoms with Crippen molar-refractivity contribution < 1.29 is 15.0 Å². The molecule has 1 amide bonds. The molecule has 1 aliphatic heterocycles. The van der Waals surface area contributed by atoms with Crippen molar-refractivity contribution in [2.45, 2.75) is 32.0 Å². The highest BCUT2D eigenvalue weighted by atomic mass is 16.3. The molecule has 5 heteroatoms. The van der Waals surface area contributed by atoms with Crippen LogP contribution in [0.1, 0.15) is 18.4 Å². The number of fused-ring (bicyclic) bond motifs is 1. The van der Waals surface area contributed by atoms with Gasteiger partial charge in [0.15, 0.2) is 0 Å². The summed E-state index contributed by atoms with van der Waals surface area (Å²) in [6, 6.07) is 7.77. The minimum absolute atomic E-state index is 0.00894. The van der Waals surface area contributed by atoms with Crippen molar-refractivity contribution in [2.24, 2.45) is 11.8 Å². The van der Waals surface area contributed by atoms with E-state index in [4.69, 9.17) is 0 Å². The second kappa shape index (κ2) is 6.36. The first-order valence-electron chi connectivity index (χ1n) is 7.96. The number of aliphatic hydroxyl groups excluding tert-OH is 2. The van der Waals surface area contributed by atoms with Gasteiger partial charge in [0.1, 0.15) is 0 Å². The highest BCUT2D eigenvalue weighted by Crippen LogP contribution is 2.36. The Kier molecular flexibility index (Phi) is 4.47. The maximum absolute atomic E-state index is 12.2. The zero-order chi connectivity index (χ0) is 15.7. The standard InChI is InChI=1S/C17H24N2O3/c1-11-3-2-4-14(5-11)18-17(22)10-19-8-12-6-15(20)16(21)7-13(12)9-19/h2-5,12-13,15-16,20-21H,6-10H2,1H3,(H,18,22)/t12-,13+,15-,16-/m0/s1. The van der Waals surface area contributed by atoms with E-state index in [1.165, 1.54) is 0 Å². The number of likely N-dealkylation sites (tertiary alicyclic amines) is 1. The van der Waals surface area contributed by atoms with Crippen molar-refractivity contribution in [3.05, 3.63) is 29.8 Å². The van der Waals surface area contributed by atoms with Crippen LogP contribution in [0.25, 0.3) is 0 Å². The van der Waals surface area contributed by atoms with E-state index in [0.29, 0.717) is 31.2 Å². The van der Waals surface area contributed by atoms with E-state index >= 15 is 0 Å². The molecule has 2 aliphatic rings. The summed E-state index contributed by atoms with van der Waals surface area (Å²) in [5.74, 6) is 0.778. The minimum Gasteiger partial charge on any atom is -0.390 e. The second-order valence-electron chi connectivity index (χ2n) is 6.74. The van der Waals surface area contributed by atoms with Gasteiger partial charge in [0.25, 0.3) is 0 Å². The van der Waals surface area contributed by atoms with Gasteiger partial charge in [-0.2, -0.15) is 0 Å². The lowest BCUT2D eigenvalue weighted by Crippen LogP contribution is -2.38. The van der Waals surface area contributed by atoms with Crippen LogP contribution in [0.4, 0.5) is 5.69 Å². The molecule has 1 saturated carbocycles. The summed E-state index contributed by atoms with van der Waals surface area (Å²) in [5, 5.41) is 22.5. The fourth-order valence-corrected chi connectivity index (χ4v) is 3.76. The van der Waals surface area contributed by atoms with Crippen molar-refractivity contribution >= 4 is 11.6 Å². The lowest BCUT2D eigenvalue weighted by Gasteiger charge is -2.32. The molecule has 1 aromatic rings. The van der Waals surface area contributed by atoms with Gasteiger partial charge in [-0.3, -0.25) is 9.69 Å². The van der Waals surface area contributed by atoms with Gasteiger partial charge in [0.05, 0.1) is 18.8 Å². The van der Waals surface area contributed by atoms with Crippen LogP contribution in [0.3, 0.4) is 0 Å². The molecule has 0 bridgehead atoms. The highest BCUT2D eigenvalue weighted by molar-refractivity contribution is 5.92. The molecule has 0 unspecified atom stereocenters. The Hall–Kier alpha value is -1.43. The molecule has 120 valence electrons. The average molecular weight is 304 g/mol. The van der Waals surface area contributed by atoms with E-state index in [2.05, 4.69) is 10.2 Å². The maximum Gasteiger partial charge on any atom is 0.238 e. The minimum atomic E-state index is -0.609. The Morgan fingerprint density at radius 1 is 1.23 bits per heavy atom. The van der Waals surface area contributed by atoms with Gasteiger partial charge in [0, 0.05) is 18.8 Å². The third kappa shape index (κ3) is 3.48. The zero-order valence-corrected chi connectivity index (χ0v) is 12.9. The van der Waals surface area contributed by atoms with Crippen molar-refractivity contribution in [1.82, 2.24) is 4.90 Å². The number of anilines is 1. The third-order valence-corrected chi connectivity index (χ3v) is 4.85. The number of nitrogens with one attached hydrogen (secondary N) is 1. The quantitative estimate of drug-likeness (QED) is 0.779. The van der Waals surface area contributed by atoms with Crippen molar-refractivity contribution in [1.29, 1.82) is 0 Å². The summed E-state index contributed by atoms with van der Waals surface area (Å²) in [4.78, 5) is 14.3. The van der Waals surface area contributed by atoms with E-state index in [1.54, 1.807) is 0 Å². The maximum atomic E-state index is 12.2. The summed E-state index contributed by atoms with van der Waals surface area (Å²) in [7, 11) is 0. The third-order valence-electron chi connectivity index (χ3n) is 4.85. The average Bonchev–Trinajstić information content (AvgIpc) is 2.80. The first-order valence-corrected chi connectivity index (χ1v) is 7.96. The van der Waals surface area contributed by atoms with Crippen molar-refractivity contribution in [3.63, 3.8) is 0 Å². The molecular formula is C17H24N2O3. The van der Waals surface area contributed by atoms with Gasteiger partial charge < -0.3 is 15.5 Å². The lowest BCUT2D eigenvalue weighted by atomic mass is 9.79.